The van der Waals surface area contributed by atoms with Gasteiger partial charge in [0.2, 0.25) is 53.2 Å². The number of nitrogens with one attached hydrogen (secondary N) is 7. The van der Waals surface area contributed by atoms with Gasteiger partial charge in [-0.15, -0.1) is 0 Å². The number of phenolic OH excluding ortho intramolecular Hbond substituents is 1. The molecule has 738 valence electrons. The summed E-state index contributed by atoms with van der Waals surface area (Å²) < 4.78 is 40.5. The SMILES string of the molecule is CC(C)[C@H](NC(=O)[C@@H](CCCCNC(=O)COC1CCCCCC(=N[C@H]2O[C@H](CO)C([C@H]3O[C@H](CO)[C@@H](O)[C@H](O)[C@H]3O)[C@H](O)[C@H]2O)C1=NN)NC(=O)CCOCCOCCOCCOCCNC(=O)CCC(=O)N1Cc2ccccc2C#Cc2ccccc21)C(=O)N[C@@H](C)C(=O)Nc1ccc2c(c1)[C@@]1(C)CCC[C@](C)(C(=O)NC(=O)[C@@]3(C)CCC[C@]4(C)c5cc(O)ccc5CC[C@@H]34)C1CC2. The van der Waals surface area contributed by atoms with Crippen LogP contribution >= 0.6 is 0 Å². The van der Waals surface area contributed by atoms with Gasteiger partial charge in [0.1, 0.15) is 72.8 Å². The van der Waals surface area contributed by atoms with E-state index in [1.807, 2.05) is 92.7 Å². The first-order valence-corrected chi connectivity index (χ1v) is 48.0. The molecule has 3 unspecified atom stereocenters. The molecule has 0 spiro atoms. The molecule has 35 heteroatoms. The van der Waals surface area contributed by atoms with Crippen molar-refractivity contribution in [2.24, 2.45) is 50.4 Å². The number of aromatic hydroxyl groups is 1. The van der Waals surface area contributed by atoms with Crippen LogP contribution in [-0.2, 0) is 107 Å². The van der Waals surface area contributed by atoms with E-state index in [0.717, 1.165) is 71.9 Å². The number of hydrogen-bond acceptors (Lipinski definition) is 27. The third kappa shape index (κ3) is 25.2. The van der Waals surface area contributed by atoms with E-state index in [1.54, 1.807) is 24.8 Å². The first kappa shape index (κ1) is 104. The topological polar surface area (TPSA) is 518 Å². The molecule has 8 aliphatic rings. The molecule has 135 heavy (non-hydrogen) atoms. The van der Waals surface area contributed by atoms with Crippen LogP contribution in [0.15, 0.2) is 95.0 Å². The lowest BCUT2D eigenvalue weighted by Crippen LogP contribution is -2.67. The van der Waals surface area contributed by atoms with Crippen molar-refractivity contribution in [3.8, 4) is 17.6 Å². The number of fused-ring (bicyclic) bond motifs is 8. The lowest BCUT2D eigenvalue weighted by atomic mass is 9.49. The zero-order valence-electron chi connectivity index (χ0n) is 78.7. The van der Waals surface area contributed by atoms with Gasteiger partial charge in [-0.1, -0.05) is 122 Å². The summed E-state index contributed by atoms with van der Waals surface area (Å²) in [4.78, 5) is 133. The number of phenols is 1. The number of hydrogen-bond donors (Lipinski definition) is 16. The molecule has 3 heterocycles. The number of aliphatic hydroxyl groups is 7. The fourth-order valence-corrected chi connectivity index (χ4v) is 21.6. The molecule has 17 N–H and O–H groups in total. The highest BCUT2D eigenvalue weighted by Gasteiger charge is 2.60. The summed E-state index contributed by atoms with van der Waals surface area (Å²) >= 11 is 0. The highest BCUT2D eigenvalue weighted by Crippen LogP contribution is 2.60. The molecule has 5 fully saturated rings. The van der Waals surface area contributed by atoms with Gasteiger partial charge in [0.15, 0.2) is 6.23 Å². The van der Waals surface area contributed by atoms with Crippen molar-refractivity contribution in [1.82, 2.24) is 31.9 Å². The molecule has 0 aromatic heterocycles. The lowest BCUT2D eigenvalue weighted by molar-refractivity contribution is -0.287. The average molecular weight is 1880 g/mol. The minimum atomic E-state index is -1.81. The second-order valence-electron chi connectivity index (χ2n) is 38.5. The standard InChI is InChI=1S/C100H139N11O24/c1-59(2)83(93(126)104-60(3)91(124)105-66-32-28-62-30-34-76-97(4,68(62)53-66)39-17-41-99(76,6)95(127)109-96(128)100(7)42-18-40-98(5)69-54-67(114)33-29-63(69)31-35-77(98)100)108-92(125)71(106-79(116)38-45-129-47-49-131-51-52-132-50-48-130-46-44-103-78(115)36-37-81(118)111-55-65-21-12-11-19-61(65)26-27-64-20-13-14-24-72(64)111)23-15-16-43-102-80(117)58-133-73-25-10-8-9-22-70(84(73)110-101)107-94-89(123)86(120)82(74(56-112)135-94)90-88(122)87(121)85(119)75(57-113)134-90/h11-14,19-21,24,28-29,32-33,53-54,59-60,71,73-77,82-83,85-90,94,112-114,119-123H,8-10,15-18,22-23,25,30-31,34-52,55-58,101H2,1-7H3,(H,102,117)(H,103,115)(H,104,126)(H,105,124)(H,106,116)(H,108,125)(H,109,127,128)/t60-,71+,73?,74+,75+,76?,77+,82?,83-,85+,86-,87-,88+,89+,90+,94-,97+,98+,99-,100-/m0/s1. The summed E-state index contributed by atoms with van der Waals surface area (Å²) in [6.07, 6.45) is -5.14. The minimum absolute atomic E-state index is 0.00145. The van der Waals surface area contributed by atoms with Gasteiger partial charge in [0, 0.05) is 55.1 Å². The van der Waals surface area contributed by atoms with Gasteiger partial charge in [-0.05, 0) is 196 Å². The zero-order chi connectivity index (χ0) is 96.9. The third-order valence-corrected chi connectivity index (χ3v) is 29.1. The molecule has 35 nitrogen and oxygen atoms in total. The fraction of sp³-hybridized carbons (Fsp3) is 0.630. The number of amides is 9. The summed E-state index contributed by atoms with van der Waals surface area (Å²) in [5, 5.41) is 110. The van der Waals surface area contributed by atoms with E-state index in [0.29, 0.717) is 75.7 Å². The summed E-state index contributed by atoms with van der Waals surface area (Å²) in [7, 11) is 0. The second kappa shape index (κ2) is 48.0. The Morgan fingerprint density at radius 1 is 0.563 bits per heavy atom. The van der Waals surface area contributed by atoms with E-state index in [9.17, 15) is 84.0 Å². The molecule has 0 bridgehead atoms. The minimum Gasteiger partial charge on any atom is -0.508 e. The zero-order valence-corrected chi connectivity index (χ0v) is 78.7. The van der Waals surface area contributed by atoms with Gasteiger partial charge >= 0.3 is 0 Å². The van der Waals surface area contributed by atoms with Crippen molar-refractivity contribution in [3.63, 3.8) is 0 Å². The van der Waals surface area contributed by atoms with E-state index in [2.05, 4.69) is 73.0 Å². The monoisotopic (exact) mass is 1880 g/mol. The Kier molecular flexibility index (Phi) is 37.1. The maximum atomic E-state index is 15.0. The molecular formula is C100H139N11O24. The van der Waals surface area contributed by atoms with Crippen molar-refractivity contribution in [2.45, 2.75) is 280 Å². The second-order valence-corrected chi connectivity index (χ2v) is 38.5. The van der Waals surface area contributed by atoms with Crippen molar-refractivity contribution < 1.29 is 117 Å². The Morgan fingerprint density at radius 3 is 1.84 bits per heavy atom. The number of carbonyl (C=O) groups is 9. The van der Waals surface area contributed by atoms with Crippen LogP contribution in [0.3, 0.4) is 0 Å². The summed E-state index contributed by atoms with van der Waals surface area (Å²) in [6.45, 7) is 13.5. The van der Waals surface area contributed by atoms with Gasteiger partial charge in [-0.3, -0.25) is 53.5 Å². The number of aliphatic imine (C=N–C) groups is 1. The number of benzene rings is 4. The molecule has 3 saturated carbocycles. The largest absolute Gasteiger partial charge is 0.508 e. The lowest BCUT2D eigenvalue weighted by Gasteiger charge is -2.56. The maximum absolute atomic E-state index is 15.0. The van der Waals surface area contributed by atoms with Gasteiger partial charge in [-0.25, -0.2) is 0 Å². The molecule has 3 aliphatic heterocycles. The van der Waals surface area contributed by atoms with E-state index in [1.165, 1.54) is 12.5 Å². The molecule has 4 aromatic rings. The predicted octanol–water partition coefficient (Wildman–Crippen LogP) is 4.41. The smallest absolute Gasteiger partial charge is 0.246 e. The number of nitrogens with two attached hydrogens (primary N) is 1. The first-order valence-electron chi connectivity index (χ1n) is 48.0. The molecular weight excluding hydrogens is 1740 g/mol. The Hall–Kier alpha value is -9.75. The van der Waals surface area contributed by atoms with Crippen molar-refractivity contribution in [2.75, 3.05) is 96.0 Å². The van der Waals surface area contributed by atoms with Crippen LogP contribution in [-0.4, -0.2) is 270 Å². The number of anilines is 2. The Balaban J connectivity index is 0.604. The van der Waals surface area contributed by atoms with Crippen molar-refractivity contribution in [3.05, 3.63) is 124 Å². The number of unbranched alkanes of at least 4 members (excludes halogenated alkanes) is 1. The number of aryl methyl sites for hydroxylation is 2. The van der Waals surface area contributed by atoms with Crippen LogP contribution in [0.5, 0.6) is 5.75 Å². The summed E-state index contributed by atoms with van der Waals surface area (Å²) in [5.41, 5.74) is 5.84. The van der Waals surface area contributed by atoms with Crippen molar-refractivity contribution in [1.29, 1.82) is 0 Å². The summed E-state index contributed by atoms with van der Waals surface area (Å²) in [5.74, 6) is 6.55. The average Bonchev–Trinajstić information content (AvgIpc) is 0.718. The molecule has 12 rings (SSSR count). The van der Waals surface area contributed by atoms with E-state index < -0.39 is 157 Å². The van der Waals surface area contributed by atoms with E-state index in [-0.39, 0.29) is 163 Å². The molecule has 4 aromatic carbocycles. The third-order valence-electron chi connectivity index (χ3n) is 29.1. The first-order chi connectivity index (χ1) is 64.7. The number of imide groups is 1. The molecule has 5 aliphatic carbocycles. The maximum Gasteiger partial charge on any atom is 0.246 e. The van der Waals surface area contributed by atoms with E-state index in [4.69, 9.17) is 39.0 Å². The predicted molar refractivity (Wildman–Crippen MR) is 499 cm³/mol. The molecule has 2 saturated heterocycles. The molecule has 0 radical (unpaired) electrons. The van der Waals surface area contributed by atoms with Crippen LogP contribution in [0.1, 0.15) is 209 Å². The number of ether oxygens (including phenoxy) is 7. The Morgan fingerprint density at radius 2 is 1.18 bits per heavy atom. The highest BCUT2D eigenvalue weighted by molar-refractivity contribution is 6.44. The van der Waals surface area contributed by atoms with Crippen LogP contribution in [0, 0.1) is 46.3 Å². The number of aliphatic hydroxyl groups excluding tert-OH is 7. The Bertz CT molecular complexity index is 4920. The van der Waals surface area contributed by atoms with Gasteiger partial charge in [-0.2, -0.15) is 5.10 Å². The van der Waals surface area contributed by atoms with E-state index >= 15 is 0 Å². The van der Waals surface area contributed by atoms with Crippen LogP contribution < -0.4 is 48.0 Å². The van der Waals surface area contributed by atoms with Gasteiger partial charge < -0.3 is 117 Å². The van der Waals surface area contributed by atoms with Crippen LogP contribution in [0.25, 0.3) is 0 Å². The molecule has 20 atom stereocenters. The normalized spacial score (nSPS) is 28.8. The Labute approximate surface area is 789 Å². The quantitative estimate of drug-likeness (QED) is 0.00963. The van der Waals surface area contributed by atoms with Crippen LogP contribution in [0.2, 0.25) is 0 Å². The molecule has 9 amide bonds. The number of carbonyl (C=O) groups excluding carboxylic acids is 9. The van der Waals surface area contributed by atoms with Crippen LogP contribution in [0.4, 0.5) is 11.4 Å². The number of para-hydroxylation sites is 1. The number of hydrazone groups is 1. The summed E-state index contributed by atoms with van der Waals surface area (Å²) in [6, 6.07) is 23.0. The van der Waals surface area contributed by atoms with Crippen molar-refractivity contribution >= 4 is 76.0 Å². The highest BCUT2D eigenvalue weighted by atomic mass is 16.6. The van der Waals surface area contributed by atoms with Gasteiger partial charge in [0.25, 0.3) is 0 Å². The fourth-order valence-electron chi connectivity index (χ4n) is 21.6. The van der Waals surface area contributed by atoms with Gasteiger partial charge in [0.05, 0.1) is 113 Å². The number of rotatable bonds is 40. The number of nitrogens with zero attached hydrogens (tertiary/aromatic N) is 3.